The van der Waals surface area contributed by atoms with Gasteiger partial charge in [0.25, 0.3) is 0 Å². The van der Waals surface area contributed by atoms with Crippen molar-refractivity contribution in [3.8, 4) is 0 Å². The fraction of sp³-hybridized carbons (Fsp3) is 0.286. The predicted molar refractivity (Wildman–Crippen MR) is 83.6 cm³/mol. The first-order valence-corrected chi connectivity index (χ1v) is 7.72. The number of hydrogen-bond acceptors (Lipinski definition) is 4. The van der Waals surface area contributed by atoms with Crippen LogP contribution in [0.5, 0.6) is 0 Å². The van der Waals surface area contributed by atoms with Gasteiger partial charge in [-0.1, -0.05) is 12.1 Å². The summed E-state index contributed by atoms with van der Waals surface area (Å²) in [5.74, 6) is 0. The molecule has 2 aromatic rings. The zero-order valence-electron chi connectivity index (χ0n) is 10.8. The van der Waals surface area contributed by atoms with E-state index in [1.807, 2.05) is 29.2 Å². The van der Waals surface area contributed by atoms with E-state index < -0.39 is 0 Å². The van der Waals surface area contributed by atoms with Crippen LogP contribution in [-0.2, 0) is 0 Å². The topological polar surface area (TPSA) is 48.4 Å². The molecule has 4 nitrogen and oxygen atoms in total. The number of β-amino-alcohol motifs (C(OH)–C–C–N with tert-alkyl or cyclic N) is 1. The summed E-state index contributed by atoms with van der Waals surface area (Å²) < 4.78 is 0. The SMILES string of the molecule is OCCN1C(=S)NC(c2ccccn2)C1c1cccs1. The van der Waals surface area contributed by atoms with Crippen molar-refractivity contribution in [1.82, 2.24) is 15.2 Å². The quantitative estimate of drug-likeness (QED) is 0.847. The maximum atomic E-state index is 9.28. The summed E-state index contributed by atoms with van der Waals surface area (Å²) in [6, 6.07) is 10.1. The number of aliphatic hydroxyl groups excluding tert-OH is 1. The molecule has 6 heteroatoms. The van der Waals surface area contributed by atoms with E-state index in [9.17, 15) is 5.11 Å². The van der Waals surface area contributed by atoms with Crippen LogP contribution >= 0.6 is 23.6 Å². The summed E-state index contributed by atoms with van der Waals surface area (Å²) in [5.41, 5.74) is 0.966. The number of rotatable bonds is 4. The van der Waals surface area contributed by atoms with Crippen molar-refractivity contribution in [2.24, 2.45) is 0 Å². The lowest BCUT2D eigenvalue weighted by atomic mass is 10.0. The Morgan fingerprint density at radius 3 is 2.90 bits per heavy atom. The molecule has 0 bridgehead atoms. The van der Waals surface area contributed by atoms with E-state index in [1.165, 1.54) is 4.88 Å². The number of pyridine rings is 1. The molecular formula is C14H15N3OS2. The fourth-order valence-electron chi connectivity index (χ4n) is 2.52. The summed E-state index contributed by atoms with van der Waals surface area (Å²) in [7, 11) is 0. The summed E-state index contributed by atoms with van der Waals surface area (Å²) in [6.45, 7) is 0.608. The van der Waals surface area contributed by atoms with Crippen LogP contribution in [0.15, 0.2) is 41.9 Å². The highest BCUT2D eigenvalue weighted by Crippen LogP contribution is 2.39. The monoisotopic (exact) mass is 305 g/mol. The van der Waals surface area contributed by atoms with Gasteiger partial charge in [-0.15, -0.1) is 11.3 Å². The van der Waals surface area contributed by atoms with Crippen LogP contribution in [-0.4, -0.2) is 33.3 Å². The van der Waals surface area contributed by atoms with Gasteiger partial charge in [-0.05, 0) is 35.8 Å². The highest BCUT2D eigenvalue weighted by molar-refractivity contribution is 7.80. The molecule has 1 fully saturated rings. The van der Waals surface area contributed by atoms with Crippen molar-refractivity contribution in [1.29, 1.82) is 0 Å². The van der Waals surface area contributed by atoms with Gasteiger partial charge in [0.1, 0.15) is 0 Å². The summed E-state index contributed by atoms with van der Waals surface area (Å²) in [5, 5.41) is 15.3. The summed E-state index contributed by atoms with van der Waals surface area (Å²) >= 11 is 7.11. The molecular weight excluding hydrogens is 290 g/mol. The second-order valence-electron chi connectivity index (χ2n) is 4.56. The average Bonchev–Trinajstić information content (AvgIpc) is 3.09. The normalized spacial score (nSPS) is 22.1. The van der Waals surface area contributed by atoms with E-state index in [0.717, 1.165) is 5.69 Å². The van der Waals surface area contributed by atoms with Crippen molar-refractivity contribution >= 4 is 28.7 Å². The smallest absolute Gasteiger partial charge is 0.170 e. The number of nitrogens with zero attached hydrogens (tertiary/aromatic N) is 2. The van der Waals surface area contributed by atoms with Crippen molar-refractivity contribution in [2.75, 3.05) is 13.2 Å². The van der Waals surface area contributed by atoms with Gasteiger partial charge in [0.05, 0.1) is 24.4 Å². The lowest BCUT2D eigenvalue weighted by Crippen LogP contribution is -2.31. The van der Waals surface area contributed by atoms with E-state index in [1.54, 1.807) is 17.5 Å². The molecule has 0 aliphatic carbocycles. The van der Waals surface area contributed by atoms with Crippen LogP contribution in [0.2, 0.25) is 0 Å². The maximum Gasteiger partial charge on any atom is 0.170 e. The largest absolute Gasteiger partial charge is 0.395 e. The standard InChI is InChI=1S/C14H15N3OS2/c18-8-7-17-13(11-5-3-9-20-11)12(16-14(17)19)10-4-1-2-6-15-10/h1-6,9,12-13,18H,7-8H2,(H,16,19). The van der Waals surface area contributed by atoms with E-state index in [0.29, 0.717) is 11.7 Å². The van der Waals surface area contributed by atoms with E-state index >= 15 is 0 Å². The average molecular weight is 305 g/mol. The molecule has 2 unspecified atom stereocenters. The van der Waals surface area contributed by atoms with Crippen LogP contribution in [0.4, 0.5) is 0 Å². The Bertz CT molecular complexity index is 573. The Morgan fingerprint density at radius 2 is 2.25 bits per heavy atom. The maximum absolute atomic E-state index is 9.28. The molecule has 0 radical (unpaired) electrons. The second-order valence-corrected chi connectivity index (χ2v) is 5.92. The minimum Gasteiger partial charge on any atom is -0.395 e. The third-order valence-electron chi connectivity index (χ3n) is 3.37. The molecule has 1 saturated heterocycles. The van der Waals surface area contributed by atoms with Gasteiger partial charge in [0.15, 0.2) is 5.11 Å². The van der Waals surface area contributed by atoms with Crippen molar-refractivity contribution in [3.05, 3.63) is 52.5 Å². The molecule has 0 amide bonds. The van der Waals surface area contributed by atoms with Crippen LogP contribution in [0.3, 0.4) is 0 Å². The molecule has 3 rings (SSSR count). The molecule has 2 aromatic heterocycles. The fourth-order valence-corrected chi connectivity index (χ4v) is 3.73. The van der Waals surface area contributed by atoms with Gasteiger partial charge < -0.3 is 15.3 Å². The van der Waals surface area contributed by atoms with Crippen LogP contribution in [0.25, 0.3) is 0 Å². The van der Waals surface area contributed by atoms with Crippen molar-refractivity contribution in [3.63, 3.8) is 0 Å². The molecule has 104 valence electrons. The van der Waals surface area contributed by atoms with Gasteiger partial charge >= 0.3 is 0 Å². The summed E-state index contributed by atoms with van der Waals surface area (Å²) in [4.78, 5) is 7.71. The van der Waals surface area contributed by atoms with E-state index in [4.69, 9.17) is 12.2 Å². The Balaban J connectivity index is 1.99. The number of aromatic nitrogens is 1. The summed E-state index contributed by atoms with van der Waals surface area (Å²) in [6.07, 6.45) is 1.79. The predicted octanol–water partition coefficient (Wildman–Crippen LogP) is 2.11. The number of thiophene rings is 1. The highest BCUT2D eigenvalue weighted by Gasteiger charge is 2.39. The minimum absolute atomic E-state index is 0.0221. The molecule has 3 heterocycles. The third kappa shape index (κ3) is 2.42. The second kappa shape index (κ2) is 5.87. The molecule has 0 spiro atoms. The number of nitrogens with one attached hydrogen (secondary N) is 1. The van der Waals surface area contributed by atoms with Gasteiger partial charge in [-0.2, -0.15) is 0 Å². The number of aliphatic hydroxyl groups is 1. The third-order valence-corrected chi connectivity index (χ3v) is 4.67. The van der Waals surface area contributed by atoms with Gasteiger partial charge in [-0.3, -0.25) is 4.98 Å². The first-order valence-electron chi connectivity index (χ1n) is 6.43. The molecule has 0 aromatic carbocycles. The zero-order valence-corrected chi connectivity index (χ0v) is 12.4. The molecule has 1 aliphatic heterocycles. The van der Waals surface area contributed by atoms with E-state index in [-0.39, 0.29) is 18.7 Å². The first kappa shape index (κ1) is 13.5. The first-order chi connectivity index (χ1) is 9.81. The molecule has 0 saturated carbocycles. The van der Waals surface area contributed by atoms with Crippen molar-refractivity contribution in [2.45, 2.75) is 12.1 Å². The highest BCUT2D eigenvalue weighted by atomic mass is 32.1. The van der Waals surface area contributed by atoms with Crippen LogP contribution in [0, 0.1) is 0 Å². The lowest BCUT2D eigenvalue weighted by molar-refractivity contribution is 0.224. The van der Waals surface area contributed by atoms with Crippen LogP contribution < -0.4 is 5.32 Å². The molecule has 2 N–H and O–H groups in total. The molecule has 20 heavy (non-hydrogen) atoms. The Kier molecular flexibility index (Phi) is 3.95. The minimum atomic E-state index is 0.0221. The molecule has 2 atom stereocenters. The number of thiocarbonyl (C=S) groups is 1. The van der Waals surface area contributed by atoms with Gasteiger partial charge in [0, 0.05) is 17.6 Å². The Hall–Kier alpha value is -1.50. The Labute approximate surface area is 127 Å². The molecule has 1 aliphatic rings. The van der Waals surface area contributed by atoms with Gasteiger partial charge in [-0.25, -0.2) is 0 Å². The number of hydrogen-bond donors (Lipinski definition) is 2. The van der Waals surface area contributed by atoms with Crippen LogP contribution in [0.1, 0.15) is 22.7 Å². The Morgan fingerprint density at radius 1 is 1.35 bits per heavy atom. The lowest BCUT2D eigenvalue weighted by Gasteiger charge is -2.25. The van der Waals surface area contributed by atoms with Gasteiger partial charge in [0.2, 0.25) is 0 Å². The van der Waals surface area contributed by atoms with Crippen molar-refractivity contribution < 1.29 is 5.11 Å². The van der Waals surface area contributed by atoms with E-state index in [2.05, 4.69) is 21.7 Å². The zero-order chi connectivity index (χ0) is 13.9.